The Labute approximate surface area is 275 Å². The molecule has 0 bridgehead atoms. The van der Waals surface area contributed by atoms with Crippen LogP contribution in [0.5, 0.6) is 0 Å². The first-order chi connectivity index (χ1) is 19.7. The number of hydrogen-bond donors (Lipinski definition) is 1. The number of rotatable bonds is 7. The lowest BCUT2D eigenvalue weighted by molar-refractivity contribution is -0.00000818. The largest absolute Gasteiger partial charge is 1.00 e. The van der Waals surface area contributed by atoms with Gasteiger partial charge in [-0.2, -0.15) is 9.90 Å². The maximum atomic E-state index is 5.81. The standard InChI is InChI=1S/C38H45NP.HI.H3P/c1-40(35-10-4-2-5-11-35,36-12-6-3-7-13-36)38-15-9-8-14-37(38)34-26-24-33(25-27-34)32-22-20-31(21-23-32)30-18-16-29(28-39)17-19-30;;/h2-19,31-34H,20-28,39H2,1H3;1H;1H3/q+1;;/p-1/t31-,32-,33-,34-;;. The first-order valence-corrected chi connectivity index (χ1v) is 17.8. The van der Waals surface area contributed by atoms with E-state index in [1.54, 1.807) is 10.9 Å². The molecule has 222 valence electrons. The summed E-state index contributed by atoms with van der Waals surface area (Å²) >= 11 is 0. The van der Waals surface area contributed by atoms with E-state index in [0.717, 1.165) is 17.8 Å². The first kappa shape index (κ1) is 33.3. The van der Waals surface area contributed by atoms with E-state index in [1.807, 2.05) is 0 Å². The molecule has 2 fully saturated rings. The molecular formula is C38H48INP2. The van der Waals surface area contributed by atoms with E-state index >= 15 is 0 Å². The first-order valence-electron chi connectivity index (χ1n) is 15.5. The van der Waals surface area contributed by atoms with Crippen molar-refractivity contribution in [3.63, 3.8) is 0 Å². The quantitative estimate of drug-likeness (QED) is 0.203. The van der Waals surface area contributed by atoms with Crippen LogP contribution >= 0.6 is 17.2 Å². The van der Waals surface area contributed by atoms with E-state index in [-0.39, 0.29) is 33.9 Å². The molecule has 4 aromatic rings. The van der Waals surface area contributed by atoms with Gasteiger partial charge in [0, 0.05) is 6.54 Å². The molecule has 1 nitrogen and oxygen atoms in total. The number of hydrogen-bond acceptors (Lipinski definition) is 1. The Morgan fingerprint density at radius 1 is 0.571 bits per heavy atom. The highest BCUT2D eigenvalue weighted by Gasteiger charge is 2.43. The Balaban J connectivity index is 0.00000202. The molecule has 2 saturated carbocycles. The second kappa shape index (κ2) is 15.4. The van der Waals surface area contributed by atoms with Crippen LogP contribution in [0.4, 0.5) is 0 Å². The van der Waals surface area contributed by atoms with Crippen LogP contribution in [0.15, 0.2) is 109 Å². The van der Waals surface area contributed by atoms with Gasteiger partial charge in [0.1, 0.15) is 23.2 Å². The number of benzene rings is 4. The molecule has 2 aliphatic carbocycles. The van der Waals surface area contributed by atoms with Crippen LogP contribution in [0, 0.1) is 11.8 Å². The van der Waals surface area contributed by atoms with E-state index in [4.69, 9.17) is 5.73 Å². The number of nitrogens with two attached hydrogens (primary N) is 1. The SMILES string of the molecule is C[P+](c1ccccc1)(c1ccccc1)c1ccccc1[C@H]1CC[C@H]([C@H]2CC[C@H](c3ccc(CN)cc3)CC2)CC1.P.[I-]. The van der Waals surface area contributed by atoms with E-state index in [2.05, 4.69) is 116 Å². The molecule has 4 heteroatoms. The Morgan fingerprint density at radius 2 is 1.02 bits per heavy atom. The molecule has 0 amide bonds. The summed E-state index contributed by atoms with van der Waals surface area (Å²) in [6.45, 7) is 3.18. The molecule has 2 aliphatic rings. The summed E-state index contributed by atoms with van der Waals surface area (Å²) in [6, 6.07) is 41.2. The highest BCUT2D eigenvalue weighted by atomic mass is 127. The van der Waals surface area contributed by atoms with Gasteiger partial charge >= 0.3 is 0 Å². The Hall–Kier alpha value is -1.57. The van der Waals surface area contributed by atoms with Crippen LogP contribution < -0.4 is 45.6 Å². The van der Waals surface area contributed by atoms with Crippen molar-refractivity contribution >= 4 is 33.1 Å². The van der Waals surface area contributed by atoms with Crippen molar-refractivity contribution in [1.29, 1.82) is 0 Å². The van der Waals surface area contributed by atoms with Gasteiger partial charge in [-0.15, -0.1) is 0 Å². The van der Waals surface area contributed by atoms with Crippen LogP contribution in [-0.4, -0.2) is 6.66 Å². The van der Waals surface area contributed by atoms with Crippen molar-refractivity contribution in [1.82, 2.24) is 0 Å². The highest BCUT2D eigenvalue weighted by molar-refractivity contribution is 7.95. The second-order valence-corrected chi connectivity index (χ2v) is 15.9. The van der Waals surface area contributed by atoms with Crippen molar-refractivity contribution in [2.75, 3.05) is 6.66 Å². The van der Waals surface area contributed by atoms with Gasteiger partial charge < -0.3 is 29.7 Å². The molecule has 1 unspecified atom stereocenters. The third kappa shape index (κ3) is 7.04. The van der Waals surface area contributed by atoms with Gasteiger partial charge in [-0.25, -0.2) is 0 Å². The van der Waals surface area contributed by atoms with E-state index in [0.29, 0.717) is 12.5 Å². The lowest BCUT2D eigenvalue weighted by Crippen LogP contribution is -3.00. The van der Waals surface area contributed by atoms with Gasteiger partial charge in [-0.3, -0.25) is 0 Å². The van der Waals surface area contributed by atoms with Crippen molar-refractivity contribution in [2.24, 2.45) is 17.6 Å². The minimum atomic E-state index is -1.72. The zero-order chi connectivity index (χ0) is 27.4. The maximum Gasteiger partial charge on any atom is 0.109 e. The van der Waals surface area contributed by atoms with E-state index in [9.17, 15) is 0 Å². The summed E-state index contributed by atoms with van der Waals surface area (Å²) in [5.41, 5.74) is 10.2. The predicted molar refractivity (Wildman–Crippen MR) is 186 cm³/mol. The van der Waals surface area contributed by atoms with Crippen LogP contribution in [0.25, 0.3) is 0 Å². The molecule has 0 aromatic heterocycles. The molecule has 0 spiro atoms. The monoisotopic (exact) mass is 707 g/mol. The molecule has 1 atom stereocenters. The summed E-state index contributed by atoms with van der Waals surface area (Å²) in [7, 11) is -1.72. The molecule has 0 aliphatic heterocycles. The van der Waals surface area contributed by atoms with Crippen LogP contribution in [0.1, 0.15) is 79.9 Å². The van der Waals surface area contributed by atoms with Gasteiger partial charge in [-0.1, -0.05) is 78.9 Å². The zero-order valence-corrected chi connectivity index (χ0v) is 29.6. The fourth-order valence-corrected chi connectivity index (χ4v) is 11.4. The van der Waals surface area contributed by atoms with E-state index in [1.165, 1.54) is 73.1 Å². The van der Waals surface area contributed by atoms with Gasteiger partial charge in [0.2, 0.25) is 0 Å². The molecular weight excluding hydrogens is 659 g/mol. The van der Waals surface area contributed by atoms with Crippen LogP contribution in [0.2, 0.25) is 0 Å². The van der Waals surface area contributed by atoms with Crippen molar-refractivity contribution in [2.45, 2.75) is 69.7 Å². The van der Waals surface area contributed by atoms with Crippen LogP contribution in [0.3, 0.4) is 0 Å². The zero-order valence-electron chi connectivity index (χ0n) is 25.2. The molecule has 0 saturated heterocycles. The van der Waals surface area contributed by atoms with Crippen molar-refractivity contribution < 1.29 is 24.0 Å². The summed E-state index contributed by atoms with van der Waals surface area (Å²) in [4.78, 5) is 0. The van der Waals surface area contributed by atoms with Gasteiger partial charge in [-0.05, 0) is 122 Å². The Morgan fingerprint density at radius 3 is 1.52 bits per heavy atom. The topological polar surface area (TPSA) is 26.0 Å². The molecule has 0 heterocycles. The summed E-state index contributed by atoms with van der Waals surface area (Å²) in [5.74, 6) is 3.25. The Bertz CT molecular complexity index is 1320. The van der Waals surface area contributed by atoms with Gasteiger partial charge in [0.25, 0.3) is 0 Å². The Kier molecular flexibility index (Phi) is 12.2. The minimum absolute atomic E-state index is 0. The predicted octanol–water partition coefficient (Wildman–Crippen LogP) is 5.38. The average molecular weight is 708 g/mol. The molecule has 0 radical (unpaired) electrons. The summed E-state index contributed by atoms with van der Waals surface area (Å²) in [5, 5.41) is 4.56. The fraction of sp³-hybridized carbons (Fsp3) is 0.368. The molecule has 2 N–H and O–H groups in total. The third-order valence-electron chi connectivity index (χ3n) is 10.3. The van der Waals surface area contributed by atoms with Gasteiger partial charge in [0.15, 0.2) is 0 Å². The van der Waals surface area contributed by atoms with E-state index < -0.39 is 7.26 Å². The second-order valence-electron chi connectivity index (χ2n) is 12.4. The maximum absolute atomic E-state index is 5.81. The fourth-order valence-electron chi connectivity index (χ4n) is 7.87. The third-order valence-corrected chi connectivity index (χ3v) is 14.3. The lowest BCUT2D eigenvalue weighted by Gasteiger charge is -2.38. The smallest absolute Gasteiger partial charge is 0.109 e. The summed E-state index contributed by atoms with van der Waals surface area (Å²) in [6.07, 6.45) is 11.0. The van der Waals surface area contributed by atoms with Crippen molar-refractivity contribution in [3.8, 4) is 0 Å². The molecule has 6 rings (SSSR count). The minimum Gasteiger partial charge on any atom is -1.00 e. The average Bonchev–Trinajstić information content (AvgIpc) is 3.05. The van der Waals surface area contributed by atoms with Gasteiger partial charge in [0.05, 0.1) is 6.66 Å². The van der Waals surface area contributed by atoms with Crippen LogP contribution in [-0.2, 0) is 6.54 Å². The van der Waals surface area contributed by atoms with Crippen molar-refractivity contribution in [3.05, 3.63) is 126 Å². The number of halogens is 1. The molecule has 4 aromatic carbocycles. The normalized spacial score (nSPS) is 22.4. The highest BCUT2D eigenvalue weighted by Crippen LogP contribution is 2.54. The lowest BCUT2D eigenvalue weighted by atomic mass is 9.67. The molecule has 42 heavy (non-hydrogen) atoms. The summed E-state index contributed by atoms with van der Waals surface area (Å²) < 4.78 is 0.